The predicted molar refractivity (Wildman–Crippen MR) is 79.7 cm³/mol. The molecule has 1 saturated heterocycles. The van der Waals surface area contributed by atoms with E-state index < -0.39 is 29.1 Å². The van der Waals surface area contributed by atoms with Crippen molar-refractivity contribution in [3.8, 4) is 6.07 Å². The molecule has 0 bridgehead atoms. The summed E-state index contributed by atoms with van der Waals surface area (Å²) < 4.78 is 24.3. The number of esters is 2. The second kappa shape index (κ2) is 5.72. The fraction of sp³-hybridized carbons (Fsp3) is 0.312. The normalized spacial score (nSPS) is 16.3. The molecule has 1 aromatic carbocycles. The Morgan fingerprint density at radius 2 is 1.78 bits per heavy atom. The number of carbonyl (C=O) groups excluding carboxylic acids is 2. The second-order valence-electron chi connectivity index (χ2n) is 5.61. The maximum atomic E-state index is 14.5. The molecule has 0 aliphatic carbocycles. The minimum atomic E-state index is -1.36. The average molecular weight is 318 g/mol. The quantitative estimate of drug-likeness (QED) is 0.471. The van der Waals surface area contributed by atoms with E-state index in [-0.39, 0.29) is 11.1 Å². The highest BCUT2D eigenvalue weighted by atomic mass is 19.1. The molecule has 0 atom stereocenters. The Morgan fingerprint density at radius 3 is 2.26 bits per heavy atom. The number of carbonyl (C=O) groups is 2. The van der Waals surface area contributed by atoms with Crippen molar-refractivity contribution in [3.63, 3.8) is 0 Å². The number of anilines is 1. The van der Waals surface area contributed by atoms with E-state index in [1.165, 1.54) is 26.0 Å². The van der Waals surface area contributed by atoms with E-state index in [1.807, 2.05) is 0 Å². The smallest absolute Gasteiger partial charge is 0.348 e. The number of nitriles is 1. The summed E-state index contributed by atoms with van der Waals surface area (Å²) in [5.74, 6) is -3.99. The standard InChI is InChI=1S/C16H15FN2O4/c1-16(2)22-14(20)10(15(21)23-16)7-9-5-6-12(19(3)4)11(8-18)13(9)17/h5-7H,1-4H3. The number of cyclic esters (lactones) is 2. The molecule has 0 unspecified atom stereocenters. The van der Waals surface area contributed by atoms with Crippen LogP contribution in [0.1, 0.15) is 25.0 Å². The molecule has 1 heterocycles. The van der Waals surface area contributed by atoms with Gasteiger partial charge in [0.2, 0.25) is 0 Å². The molecular weight excluding hydrogens is 303 g/mol. The fourth-order valence-corrected chi connectivity index (χ4v) is 2.11. The minimum Gasteiger partial charge on any atom is -0.419 e. The zero-order valence-corrected chi connectivity index (χ0v) is 13.1. The van der Waals surface area contributed by atoms with E-state index in [9.17, 15) is 14.0 Å². The van der Waals surface area contributed by atoms with Crippen molar-refractivity contribution in [3.05, 3.63) is 34.6 Å². The van der Waals surface area contributed by atoms with Crippen LogP contribution in [0.3, 0.4) is 0 Å². The number of hydrogen-bond donors (Lipinski definition) is 0. The van der Waals surface area contributed by atoms with E-state index in [1.54, 1.807) is 25.1 Å². The predicted octanol–water partition coefficient (Wildman–Crippen LogP) is 1.98. The maximum absolute atomic E-state index is 14.5. The van der Waals surface area contributed by atoms with Gasteiger partial charge in [-0.15, -0.1) is 0 Å². The summed E-state index contributed by atoms with van der Waals surface area (Å²) in [6, 6.07) is 4.68. The van der Waals surface area contributed by atoms with Crippen molar-refractivity contribution < 1.29 is 23.5 Å². The van der Waals surface area contributed by atoms with Gasteiger partial charge < -0.3 is 14.4 Å². The van der Waals surface area contributed by atoms with Crippen LogP contribution in [0.5, 0.6) is 0 Å². The molecule has 1 aliphatic heterocycles. The van der Waals surface area contributed by atoms with E-state index in [0.29, 0.717) is 5.69 Å². The number of rotatable bonds is 2. The van der Waals surface area contributed by atoms with Gasteiger partial charge in [0.05, 0.1) is 5.69 Å². The lowest BCUT2D eigenvalue weighted by Gasteiger charge is -2.29. The Morgan fingerprint density at radius 1 is 1.22 bits per heavy atom. The van der Waals surface area contributed by atoms with Gasteiger partial charge >= 0.3 is 11.9 Å². The lowest BCUT2D eigenvalue weighted by molar-refractivity contribution is -0.222. The van der Waals surface area contributed by atoms with Crippen LogP contribution >= 0.6 is 0 Å². The molecule has 0 spiro atoms. The lowest BCUT2D eigenvalue weighted by atomic mass is 10.0. The van der Waals surface area contributed by atoms with Gasteiger partial charge in [-0.1, -0.05) is 0 Å². The van der Waals surface area contributed by atoms with Gasteiger partial charge in [-0.3, -0.25) is 0 Å². The molecule has 6 nitrogen and oxygen atoms in total. The minimum absolute atomic E-state index is 0.0734. The van der Waals surface area contributed by atoms with E-state index in [2.05, 4.69) is 0 Å². The molecule has 7 heteroatoms. The third-order valence-electron chi connectivity index (χ3n) is 3.16. The van der Waals surface area contributed by atoms with Crippen molar-refractivity contribution in [2.24, 2.45) is 0 Å². The first kappa shape index (κ1) is 16.5. The van der Waals surface area contributed by atoms with Crippen molar-refractivity contribution in [1.82, 2.24) is 0 Å². The summed E-state index contributed by atoms with van der Waals surface area (Å²) in [6.45, 7) is 2.83. The molecule has 1 aliphatic rings. The molecule has 0 radical (unpaired) electrons. The van der Waals surface area contributed by atoms with E-state index in [4.69, 9.17) is 14.7 Å². The van der Waals surface area contributed by atoms with Gasteiger partial charge in [0.25, 0.3) is 5.79 Å². The van der Waals surface area contributed by atoms with Gasteiger partial charge in [0.15, 0.2) is 0 Å². The van der Waals surface area contributed by atoms with Gasteiger partial charge in [0, 0.05) is 33.5 Å². The zero-order chi connectivity index (χ0) is 17.4. The van der Waals surface area contributed by atoms with Crippen LogP contribution in [0.15, 0.2) is 17.7 Å². The summed E-state index contributed by atoms with van der Waals surface area (Å²) in [7, 11) is 3.34. The highest BCUT2D eigenvalue weighted by Gasteiger charge is 2.39. The van der Waals surface area contributed by atoms with Crippen molar-refractivity contribution in [1.29, 1.82) is 5.26 Å². The number of ether oxygens (including phenoxy) is 2. The van der Waals surface area contributed by atoms with Gasteiger partial charge in [0.1, 0.15) is 23.0 Å². The molecule has 1 fully saturated rings. The molecule has 0 amide bonds. The van der Waals surface area contributed by atoms with Gasteiger partial charge in [-0.2, -0.15) is 5.26 Å². The monoisotopic (exact) mass is 318 g/mol. The maximum Gasteiger partial charge on any atom is 0.348 e. The van der Waals surface area contributed by atoms with Crippen LogP contribution in [-0.2, 0) is 19.1 Å². The van der Waals surface area contributed by atoms with Crippen LogP contribution in [0.4, 0.5) is 10.1 Å². The van der Waals surface area contributed by atoms with E-state index >= 15 is 0 Å². The van der Waals surface area contributed by atoms with Crippen molar-refractivity contribution in [2.75, 3.05) is 19.0 Å². The molecular formula is C16H15FN2O4. The first-order chi connectivity index (χ1) is 10.7. The Labute approximate surface area is 132 Å². The largest absolute Gasteiger partial charge is 0.419 e. The first-order valence-corrected chi connectivity index (χ1v) is 6.74. The summed E-state index contributed by atoms with van der Waals surface area (Å²) in [4.78, 5) is 25.3. The highest BCUT2D eigenvalue weighted by molar-refractivity contribution is 6.18. The number of nitrogens with zero attached hydrogens (tertiary/aromatic N) is 2. The summed E-state index contributed by atoms with van der Waals surface area (Å²) >= 11 is 0. The Balaban J connectivity index is 2.50. The van der Waals surface area contributed by atoms with Crippen LogP contribution in [0.2, 0.25) is 0 Å². The molecule has 0 saturated carbocycles. The second-order valence-corrected chi connectivity index (χ2v) is 5.61. The fourth-order valence-electron chi connectivity index (χ4n) is 2.11. The Hall–Kier alpha value is -2.88. The lowest BCUT2D eigenvalue weighted by Crippen LogP contribution is -2.41. The summed E-state index contributed by atoms with van der Waals surface area (Å²) in [5.41, 5.74) is -0.287. The summed E-state index contributed by atoms with van der Waals surface area (Å²) in [5, 5.41) is 9.13. The Kier molecular flexibility index (Phi) is 4.10. The van der Waals surface area contributed by atoms with E-state index in [0.717, 1.165) is 6.08 Å². The highest BCUT2D eigenvalue weighted by Crippen LogP contribution is 2.28. The molecule has 2 rings (SSSR count). The number of hydrogen-bond acceptors (Lipinski definition) is 6. The topological polar surface area (TPSA) is 79.6 Å². The third kappa shape index (κ3) is 3.16. The first-order valence-electron chi connectivity index (χ1n) is 6.74. The van der Waals surface area contributed by atoms with Gasteiger partial charge in [-0.05, 0) is 18.2 Å². The Bertz CT molecular complexity index is 738. The zero-order valence-electron chi connectivity index (χ0n) is 13.1. The molecule has 23 heavy (non-hydrogen) atoms. The number of benzene rings is 1. The average Bonchev–Trinajstić information content (AvgIpc) is 2.42. The summed E-state index contributed by atoms with van der Waals surface area (Å²) in [6.07, 6.45) is 1.02. The van der Waals surface area contributed by atoms with Crippen LogP contribution in [0.25, 0.3) is 6.08 Å². The van der Waals surface area contributed by atoms with Crippen LogP contribution in [0, 0.1) is 17.1 Å². The van der Waals surface area contributed by atoms with Crippen molar-refractivity contribution >= 4 is 23.7 Å². The van der Waals surface area contributed by atoms with Crippen LogP contribution < -0.4 is 4.90 Å². The molecule has 0 aromatic heterocycles. The SMILES string of the molecule is CN(C)c1ccc(C=C2C(=O)OC(C)(C)OC2=O)c(F)c1C#N. The molecule has 1 aromatic rings. The van der Waals surface area contributed by atoms with Gasteiger partial charge in [-0.25, -0.2) is 14.0 Å². The molecule has 120 valence electrons. The van der Waals surface area contributed by atoms with Crippen molar-refractivity contribution in [2.45, 2.75) is 19.6 Å². The third-order valence-corrected chi connectivity index (χ3v) is 3.16. The number of halogens is 1. The van der Waals surface area contributed by atoms with Crippen LogP contribution in [-0.4, -0.2) is 31.8 Å². The molecule has 0 N–H and O–H groups in total.